The molecule has 3 nitrogen and oxygen atoms in total. The van der Waals surface area contributed by atoms with Crippen molar-refractivity contribution in [3.8, 4) is 0 Å². The molecule has 0 aromatic heterocycles. The highest BCUT2D eigenvalue weighted by Gasteiger charge is 2.33. The van der Waals surface area contributed by atoms with Crippen LogP contribution in [0, 0.1) is 0 Å². The minimum Gasteiger partial charge on any atom is -0.463 e. The highest BCUT2D eigenvalue weighted by molar-refractivity contribution is 8.14. The Kier molecular flexibility index (Phi) is 9.00. The van der Waals surface area contributed by atoms with E-state index in [2.05, 4.69) is 36.4 Å². The molecule has 4 aromatic rings. The first-order valence-corrected chi connectivity index (χ1v) is 14.8. The van der Waals surface area contributed by atoms with Crippen molar-refractivity contribution in [2.24, 2.45) is 0 Å². The van der Waals surface area contributed by atoms with Crippen LogP contribution in [-0.4, -0.2) is 28.7 Å². The summed E-state index contributed by atoms with van der Waals surface area (Å²) < 4.78 is 5.67. The van der Waals surface area contributed by atoms with E-state index in [4.69, 9.17) is 4.74 Å². The zero-order valence-electron chi connectivity index (χ0n) is 20.2. The largest absolute Gasteiger partial charge is 0.463 e. The van der Waals surface area contributed by atoms with Crippen LogP contribution >= 0.6 is 18.6 Å². The summed E-state index contributed by atoms with van der Waals surface area (Å²) in [6.45, 7) is -0.445. The zero-order chi connectivity index (χ0) is 25.2. The van der Waals surface area contributed by atoms with Gasteiger partial charge in [0.2, 0.25) is 5.12 Å². The van der Waals surface area contributed by atoms with Crippen LogP contribution < -0.4 is 15.9 Å². The number of hydrogen-bond acceptors (Lipinski definition) is 4. The molecule has 0 heterocycles. The van der Waals surface area contributed by atoms with Crippen LogP contribution in [0.1, 0.15) is 23.7 Å². The number of esters is 1. The van der Waals surface area contributed by atoms with E-state index >= 15 is 0 Å². The van der Waals surface area contributed by atoms with E-state index in [1.54, 1.807) is 0 Å². The van der Waals surface area contributed by atoms with Crippen LogP contribution in [0.15, 0.2) is 121 Å². The van der Waals surface area contributed by atoms with Gasteiger partial charge in [0.05, 0.1) is 6.61 Å². The Morgan fingerprint density at radius 3 is 1.50 bits per heavy atom. The number of thioether (sulfide) groups is 1. The number of rotatable bonds is 9. The molecule has 0 amide bonds. The van der Waals surface area contributed by atoms with Gasteiger partial charge in [-0.15, -0.1) is 0 Å². The van der Waals surface area contributed by atoms with Crippen LogP contribution in [0.25, 0.3) is 0 Å². The maximum atomic E-state index is 13.7. The lowest BCUT2D eigenvalue weighted by Gasteiger charge is -2.32. The van der Waals surface area contributed by atoms with E-state index in [9.17, 15) is 9.59 Å². The van der Waals surface area contributed by atoms with E-state index in [0.29, 0.717) is 17.7 Å². The van der Waals surface area contributed by atoms with Crippen LogP contribution in [-0.2, 0) is 9.53 Å². The number of hydrogen-bond donors (Lipinski definition) is 0. The van der Waals surface area contributed by atoms with Gasteiger partial charge in [-0.05, 0) is 36.1 Å². The second-order valence-electron chi connectivity index (χ2n) is 8.10. The fourth-order valence-corrected chi connectivity index (χ4v) is 9.81. The molecule has 5 heteroatoms. The minimum absolute atomic E-state index is 0.00174. The molecule has 36 heavy (non-hydrogen) atoms. The lowest BCUT2D eigenvalue weighted by atomic mass is 10.2. The third kappa shape index (κ3) is 5.56. The summed E-state index contributed by atoms with van der Waals surface area (Å²) in [5.41, 5.74) is 0.662. The quantitative estimate of drug-likeness (QED) is 0.214. The fourth-order valence-electron chi connectivity index (χ4n) is 4.39. The maximum absolute atomic E-state index is 13.7. The van der Waals surface area contributed by atoms with Crippen molar-refractivity contribution in [3.05, 3.63) is 127 Å². The topological polar surface area (TPSA) is 43.4 Å². The lowest BCUT2D eigenvalue weighted by Crippen LogP contribution is -2.34. The van der Waals surface area contributed by atoms with Gasteiger partial charge < -0.3 is 4.74 Å². The molecule has 0 N–H and O–H groups in total. The van der Waals surface area contributed by atoms with E-state index in [0.717, 1.165) is 21.2 Å². The summed E-state index contributed by atoms with van der Waals surface area (Å²) in [6.07, 6.45) is 0.439. The van der Waals surface area contributed by atoms with Crippen molar-refractivity contribution >= 4 is 50.9 Å². The van der Waals surface area contributed by atoms with Gasteiger partial charge in [0.1, 0.15) is 0 Å². The number of carbonyl (C=O) groups is 2. The van der Waals surface area contributed by atoms with E-state index in [-0.39, 0.29) is 17.7 Å². The maximum Gasteiger partial charge on any atom is 0.335 e. The number of benzene rings is 4. The summed E-state index contributed by atoms with van der Waals surface area (Å²) in [5.74, 6) is 0.186. The first-order valence-electron chi connectivity index (χ1n) is 12.0. The van der Waals surface area contributed by atoms with Crippen LogP contribution in [0.3, 0.4) is 0 Å². The van der Waals surface area contributed by atoms with Crippen molar-refractivity contribution in [2.75, 3.05) is 12.4 Å². The van der Waals surface area contributed by atoms with Crippen LogP contribution in [0.5, 0.6) is 0 Å². The third-order valence-electron chi connectivity index (χ3n) is 5.93. The number of carbonyl (C=O) groups excluding carboxylic acids is 2. The second-order valence-corrected chi connectivity index (χ2v) is 12.6. The highest BCUT2D eigenvalue weighted by atomic mass is 32.2. The SMILES string of the molecule is CCOC(=O)C(CCSC(=O)c1ccccc1)=P(c1ccccc1)(c1ccccc1)c1ccccc1. The molecule has 4 rings (SSSR count). The summed E-state index contributed by atoms with van der Waals surface area (Å²) in [7, 11) is 0. The summed E-state index contributed by atoms with van der Waals surface area (Å²) in [6, 6.07) is 40.0. The molecule has 182 valence electrons. The monoisotopic (exact) mass is 512 g/mol. The molecule has 0 aliphatic carbocycles. The fraction of sp³-hybridized carbons (Fsp3) is 0.129. The molecule has 0 fully saturated rings. The van der Waals surface area contributed by atoms with Gasteiger partial charge in [0, 0.05) is 16.6 Å². The van der Waals surface area contributed by atoms with Gasteiger partial charge >= 0.3 is 5.97 Å². The summed E-state index contributed by atoms with van der Waals surface area (Å²) in [5, 5.41) is 3.99. The van der Waals surface area contributed by atoms with Gasteiger partial charge in [0.25, 0.3) is 0 Å². The molecule has 0 atom stereocenters. The highest BCUT2D eigenvalue weighted by Crippen LogP contribution is 2.47. The molecule has 0 saturated heterocycles. The normalized spacial score (nSPS) is 11.0. The Morgan fingerprint density at radius 2 is 1.08 bits per heavy atom. The first kappa shape index (κ1) is 25.8. The summed E-state index contributed by atoms with van der Waals surface area (Å²) >= 11 is 1.25. The first-order chi connectivity index (χ1) is 17.7. The van der Waals surface area contributed by atoms with Crippen molar-refractivity contribution in [1.82, 2.24) is 0 Å². The van der Waals surface area contributed by atoms with Gasteiger partial charge in [-0.1, -0.05) is 133 Å². The Hall–Kier alpha value is -3.33. The summed E-state index contributed by atoms with van der Waals surface area (Å²) in [4.78, 5) is 26.6. The molecule has 4 aromatic carbocycles. The second kappa shape index (κ2) is 12.6. The van der Waals surface area contributed by atoms with Gasteiger partial charge in [-0.3, -0.25) is 4.79 Å². The average Bonchev–Trinajstić information content (AvgIpc) is 2.95. The predicted molar refractivity (Wildman–Crippen MR) is 155 cm³/mol. The van der Waals surface area contributed by atoms with E-state index < -0.39 is 6.89 Å². The van der Waals surface area contributed by atoms with Crippen molar-refractivity contribution in [1.29, 1.82) is 0 Å². The van der Waals surface area contributed by atoms with Crippen molar-refractivity contribution < 1.29 is 14.3 Å². The molecule has 0 bridgehead atoms. The molecule has 0 aliphatic rings. The predicted octanol–water partition coefficient (Wildman–Crippen LogP) is 5.68. The van der Waals surface area contributed by atoms with Crippen molar-refractivity contribution in [3.63, 3.8) is 0 Å². The Morgan fingerprint density at radius 1 is 0.667 bits per heavy atom. The molecule has 0 spiro atoms. The van der Waals surface area contributed by atoms with Gasteiger partial charge in [0.15, 0.2) is 0 Å². The van der Waals surface area contributed by atoms with Crippen molar-refractivity contribution in [2.45, 2.75) is 13.3 Å². The minimum atomic E-state index is -2.56. The third-order valence-corrected chi connectivity index (χ3v) is 11.3. The van der Waals surface area contributed by atoms with Crippen LogP contribution in [0.2, 0.25) is 0 Å². The van der Waals surface area contributed by atoms with Gasteiger partial charge in [-0.25, -0.2) is 4.79 Å². The number of ether oxygens (including phenoxy) is 1. The standard InChI is InChI=1S/C31H29O3PS/c1-2-34-30(32)29(23-24-36-31(33)25-15-7-3-8-16-25)35(26-17-9-4-10-18-26,27-19-11-5-12-20-27)28-21-13-6-14-22-28/h3-22H,2,23-24H2,1H3. The van der Waals surface area contributed by atoms with Gasteiger partial charge in [-0.2, -0.15) is 0 Å². The zero-order valence-corrected chi connectivity index (χ0v) is 22.0. The lowest BCUT2D eigenvalue weighted by molar-refractivity contribution is -0.134. The molecule has 0 aliphatic heterocycles. The smallest absolute Gasteiger partial charge is 0.335 e. The molecule has 0 unspecified atom stereocenters. The molecular formula is C31H29O3PS. The molecule has 0 saturated carbocycles. The van der Waals surface area contributed by atoms with E-state index in [1.807, 2.05) is 91.9 Å². The molecule has 0 radical (unpaired) electrons. The molecular weight excluding hydrogens is 483 g/mol. The van der Waals surface area contributed by atoms with E-state index in [1.165, 1.54) is 11.8 Å². The Labute approximate surface area is 217 Å². The Bertz CT molecular complexity index is 1230. The van der Waals surface area contributed by atoms with Crippen LogP contribution in [0.4, 0.5) is 0 Å². The average molecular weight is 513 g/mol. The Balaban J connectivity index is 1.93.